The van der Waals surface area contributed by atoms with Crippen LogP contribution < -0.4 is 11.1 Å². The highest BCUT2D eigenvalue weighted by Crippen LogP contribution is 2.28. The second-order valence-electron chi connectivity index (χ2n) is 5.58. The van der Waals surface area contributed by atoms with Gasteiger partial charge < -0.3 is 15.8 Å². The molecule has 0 unspecified atom stereocenters. The zero-order valence-electron chi connectivity index (χ0n) is 13.2. The van der Waals surface area contributed by atoms with Gasteiger partial charge in [-0.1, -0.05) is 30.3 Å². The molecule has 1 heterocycles. The standard InChI is InChI=1S/C18H20N2O2.2ClH/c19-15-8-6-14(7-9-15)18(21)22-17-12-20-11-10-16(17)13-4-2-1-3-5-13;;/h1-9,16-17,20H,10-12,19H2;2*1H/t16-,17+;;/m1../s1. The van der Waals surface area contributed by atoms with Crippen LogP contribution in [0.25, 0.3) is 0 Å². The molecule has 0 aliphatic carbocycles. The summed E-state index contributed by atoms with van der Waals surface area (Å²) in [6, 6.07) is 17.1. The van der Waals surface area contributed by atoms with Crippen molar-refractivity contribution in [1.29, 1.82) is 0 Å². The van der Waals surface area contributed by atoms with Gasteiger partial charge in [0.2, 0.25) is 0 Å². The summed E-state index contributed by atoms with van der Waals surface area (Å²) < 4.78 is 5.74. The lowest BCUT2D eigenvalue weighted by molar-refractivity contribution is 0.0182. The fraction of sp³-hybridized carbons (Fsp3) is 0.278. The molecule has 24 heavy (non-hydrogen) atoms. The van der Waals surface area contributed by atoms with Gasteiger partial charge in [-0.05, 0) is 42.8 Å². The van der Waals surface area contributed by atoms with Crippen LogP contribution in [-0.2, 0) is 4.74 Å². The van der Waals surface area contributed by atoms with Crippen molar-refractivity contribution in [3.8, 4) is 0 Å². The van der Waals surface area contributed by atoms with E-state index < -0.39 is 0 Å². The average Bonchev–Trinajstić information content (AvgIpc) is 2.57. The first-order valence-electron chi connectivity index (χ1n) is 7.56. The van der Waals surface area contributed by atoms with Crippen molar-refractivity contribution in [3.63, 3.8) is 0 Å². The Labute approximate surface area is 154 Å². The Balaban J connectivity index is 0.00000144. The highest BCUT2D eigenvalue weighted by atomic mass is 35.5. The third-order valence-corrected chi connectivity index (χ3v) is 4.06. The molecule has 1 saturated heterocycles. The van der Waals surface area contributed by atoms with E-state index in [1.165, 1.54) is 5.56 Å². The predicted molar refractivity (Wildman–Crippen MR) is 101 cm³/mol. The van der Waals surface area contributed by atoms with Crippen LogP contribution in [0.1, 0.15) is 28.3 Å². The van der Waals surface area contributed by atoms with Gasteiger partial charge in [0.15, 0.2) is 0 Å². The number of hydrogen-bond acceptors (Lipinski definition) is 4. The molecule has 0 aromatic heterocycles. The molecule has 1 fully saturated rings. The molecule has 2 aromatic rings. The molecular formula is C18H22Cl2N2O2. The lowest BCUT2D eigenvalue weighted by Gasteiger charge is -2.32. The van der Waals surface area contributed by atoms with Crippen LogP contribution in [0.3, 0.4) is 0 Å². The van der Waals surface area contributed by atoms with Gasteiger partial charge in [0.25, 0.3) is 0 Å². The number of nitrogens with one attached hydrogen (secondary N) is 1. The van der Waals surface area contributed by atoms with Crippen molar-refractivity contribution in [2.24, 2.45) is 0 Å². The minimum Gasteiger partial charge on any atom is -0.457 e. The maximum Gasteiger partial charge on any atom is 0.338 e. The molecule has 4 nitrogen and oxygen atoms in total. The van der Waals surface area contributed by atoms with E-state index in [1.807, 2.05) is 18.2 Å². The zero-order chi connectivity index (χ0) is 15.4. The van der Waals surface area contributed by atoms with Gasteiger partial charge in [-0.3, -0.25) is 0 Å². The Kier molecular flexibility index (Phi) is 8.05. The van der Waals surface area contributed by atoms with Gasteiger partial charge in [-0.2, -0.15) is 0 Å². The quantitative estimate of drug-likeness (QED) is 0.643. The largest absolute Gasteiger partial charge is 0.457 e. The average molecular weight is 369 g/mol. The zero-order valence-corrected chi connectivity index (χ0v) is 14.8. The van der Waals surface area contributed by atoms with Crippen LogP contribution in [0.5, 0.6) is 0 Å². The van der Waals surface area contributed by atoms with E-state index >= 15 is 0 Å². The lowest BCUT2D eigenvalue weighted by Crippen LogP contribution is -2.42. The van der Waals surface area contributed by atoms with Crippen molar-refractivity contribution in [2.45, 2.75) is 18.4 Å². The van der Waals surface area contributed by atoms with Crippen LogP contribution in [-0.4, -0.2) is 25.2 Å². The number of ether oxygens (including phenoxy) is 1. The molecule has 0 bridgehead atoms. The molecule has 2 atom stereocenters. The summed E-state index contributed by atoms with van der Waals surface area (Å²) in [5.41, 5.74) is 8.04. The van der Waals surface area contributed by atoms with Crippen molar-refractivity contribution in [1.82, 2.24) is 5.32 Å². The third kappa shape index (κ3) is 4.87. The molecule has 130 valence electrons. The number of rotatable bonds is 3. The van der Waals surface area contributed by atoms with Gasteiger partial charge in [-0.25, -0.2) is 4.79 Å². The SMILES string of the molecule is Cl.Cl.Nc1ccc(C(=O)O[C@H]2CNCC[C@@H]2c2ccccc2)cc1. The Bertz CT molecular complexity index is 635. The summed E-state index contributed by atoms with van der Waals surface area (Å²) in [5.74, 6) is -0.0604. The van der Waals surface area contributed by atoms with E-state index in [0.29, 0.717) is 17.8 Å². The molecule has 1 aliphatic rings. The van der Waals surface area contributed by atoms with Crippen LogP contribution in [0.15, 0.2) is 54.6 Å². The molecule has 1 aliphatic heterocycles. The van der Waals surface area contributed by atoms with Gasteiger partial charge in [0.05, 0.1) is 5.56 Å². The fourth-order valence-electron chi connectivity index (χ4n) is 2.86. The Morgan fingerprint density at radius 3 is 2.38 bits per heavy atom. The number of nitrogens with two attached hydrogens (primary N) is 1. The number of nitrogen functional groups attached to an aromatic ring is 1. The Hall–Kier alpha value is -1.75. The van der Waals surface area contributed by atoms with Crippen LogP contribution >= 0.6 is 24.8 Å². The van der Waals surface area contributed by atoms with Gasteiger partial charge in [0.1, 0.15) is 6.10 Å². The summed E-state index contributed by atoms with van der Waals surface area (Å²) >= 11 is 0. The van der Waals surface area contributed by atoms with Crippen LogP contribution in [0.2, 0.25) is 0 Å². The molecular weight excluding hydrogens is 347 g/mol. The van der Waals surface area contributed by atoms with Gasteiger partial charge >= 0.3 is 5.97 Å². The molecule has 0 radical (unpaired) electrons. The number of anilines is 1. The summed E-state index contributed by atoms with van der Waals surface area (Å²) in [5, 5.41) is 3.30. The summed E-state index contributed by atoms with van der Waals surface area (Å²) in [6.07, 6.45) is 0.810. The van der Waals surface area contributed by atoms with E-state index in [0.717, 1.165) is 13.0 Å². The van der Waals surface area contributed by atoms with Crippen molar-refractivity contribution >= 4 is 36.5 Å². The smallest absolute Gasteiger partial charge is 0.338 e. The minimum absolute atomic E-state index is 0. The maximum atomic E-state index is 12.3. The van der Waals surface area contributed by atoms with E-state index in [1.54, 1.807) is 24.3 Å². The predicted octanol–water partition coefficient (Wildman–Crippen LogP) is 3.41. The summed E-state index contributed by atoms with van der Waals surface area (Å²) in [7, 11) is 0. The first-order valence-corrected chi connectivity index (χ1v) is 7.56. The van der Waals surface area contributed by atoms with Crippen molar-refractivity contribution < 1.29 is 9.53 Å². The van der Waals surface area contributed by atoms with Gasteiger partial charge in [0, 0.05) is 18.2 Å². The van der Waals surface area contributed by atoms with Crippen LogP contribution in [0.4, 0.5) is 5.69 Å². The van der Waals surface area contributed by atoms with Crippen LogP contribution in [0, 0.1) is 0 Å². The number of carbonyl (C=O) groups excluding carboxylic acids is 1. The number of halogens is 2. The topological polar surface area (TPSA) is 64.4 Å². The highest BCUT2D eigenvalue weighted by Gasteiger charge is 2.29. The van der Waals surface area contributed by atoms with E-state index in [4.69, 9.17) is 10.5 Å². The van der Waals surface area contributed by atoms with E-state index in [-0.39, 0.29) is 42.8 Å². The highest BCUT2D eigenvalue weighted by molar-refractivity contribution is 5.90. The van der Waals surface area contributed by atoms with Crippen molar-refractivity contribution in [3.05, 3.63) is 65.7 Å². The molecule has 2 aromatic carbocycles. The molecule has 3 rings (SSSR count). The summed E-state index contributed by atoms with van der Waals surface area (Å²) in [6.45, 7) is 1.62. The number of hydrogen-bond donors (Lipinski definition) is 2. The van der Waals surface area contributed by atoms with Crippen molar-refractivity contribution in [2.75, 3.05) is 18.8 Å². The molecule has 3 N–H and O–H groups in total. The van der Waals surface area contributed by atoms with E-state index in [2.05, 4.69) is 17.4 Å². The number of benzene rings is 2. The third-order valence-electron chi connectivity index (χ3n) is 4.06. The Morgan fingerprint density at radius 2 is 1.71 bits per heavy atom. The molecule has 0 spiro atoms. The Morgan fingerprint density at radius 1 is 1.04 bits per heavy atom. The normalized spacial score (nSPS) is 19.5. The fourth-order valence-corrected chi connectivity index (χ4v) is 2.86. The maximum absolute atomic E-state index is 12.3. The van der Waals surface area contributed by atoms with Gasteiger partial charge in [-0.15, -0.1) is 24.8 Å². The summed E-state index contributed by atoms with van der Waals surface area (Å²) in [4.78, 5) is 12.3. The molecule has 0 amide bonds. The lowest BCUT2D eigenvalue weighted by atomic mass is 9.88. The second kappa shape index (κ2) is 9.52. The second-order valence-corrected chi connectivity index (χ2v) is 5.58. The number of carbonyl (C=O) groups is 1. The number of esters is 1. The van der Waals surface area contributed by atoms with E-state index in [9.17, 15) is 4.79 Å². The monoisotopic (exact) mass is 368 g/mol. The first kappa shape index (κ1) is 20.3. The number of piperidine rings is 1. The minimum atomic E-state index is -0.297. The molecule has 0 saturated carbocycles. The first-order chi connectivity index (χ1) is 10.7. The molecule has 6 heteroatoms.